The van der Waals surface area contributed by atoms with E-state index < -0.39 is 5.95 Å². The van der Waals surface area contributed by atoms with Gasteiger partial charge in [-0.3, -0.25) is 4.79 Å². The zero-order valence-corrected chi connectivity index (χ0v) is 10.2. The van der Waals surface area contributed by atoms with Crippen LogP contribution in [0.25, 0.3) is 0 Å². The summed E-state index contributed by atoms with van der Waals surface area (Å²) in [4.78, 5) is 17.1. The Morgan fingerprint density at radius 1 is 1.28 bits per heavy atom. The van der Waals surface area contributed by atoms with Crippen LogP contribution in [-0.4, -0.2) is 17.9 Å². The van der Waals surface area contributed by atoms with Crippen molar-refractivity contribution in [3.8, 4) is 0 Å². The summed E-state index contributed by atoms with van der Waals surface area (Å²) in [6, 6.07) is 10.2. The fraction of sp³-hybridized carbons (Fsp3) is 0.143. The van der Waals surface area contributed by atoms with E-state index in [4.69, 9.17) is 0 Å². The minimum Gasteiger partial charge on any atom is -0.311 e. The highest BCUT2D eigenvalue weighted by atomic mass is 19.1. The Morgan fingerprint density at radius 3 is 2.67 bits per heavy atom. The Bertz CT molecular complexity index is 584. The van der Waals surface area contributed by atoms with Crippen LogP contribution < -0.4 is 4.90 Å². The van der Waals surface area contributed by atoms with Gasteiger partial charge >= 0.3 is 0 Å². The first-order chi connectivity index (χ1) is 8.59. The number of para-hydroxylation sites is 1. The summed E-state index contributed by atoms with van der Waals surface area (Å²) in [6.45, 7) is 1.92. The standard InChI is InChI=1S/C14H13FN2O/c1-10-5-3-4-6-12(10)17(2)14(18)11-7-8-16-13(15)9-11/h3-9H,1-2H3. The number of carbonyl (C=O) groups is 1. The van der Waals surface area contributed by atoms with Crippen molar-refractivity contribution in [3.63, 3.8) is 0 Å². The van der Waals surface area contributed by atoms with E-state index in [-0.39, 0.29) is 11.5 Å². The van der Waals surface area contributed by atoms with Crippen LogP contribution in [0, 0.1) is 12.9 Å². The molecule has 0 aliphatic heterocycles. The number of carbonyl (C=O) groups excluding carboxylic acids is 1. The first-order valence-corrected chi connectivity index (χ1v) is 5.55. The number of aromatic nitrogens is 1. The van der Waals surface area contributed by atoms with Crippen LogP contribution in [-0.2, 0) is 0 Å². The molecule has 1 heterocycles. The molecule has 0 fully saturated rings. The van der Waals surface area contributed by atoms with Crippen molar-refractivity contribution in [1.29, 1.82) is 0 Å². The van der Waals surface area contributed by atoms with Gasteiger partial charge in [-0.1, -0.05) is 18.2 Å². The van der Waals surface area contributed by atoms with E-state index in [9.17, 15) is 9.18 Å². The van der Waals surface area contributed by atoms with E-state index >= 15 is 0 Å². The third kappa shape index (κ3) is 2.37. The minimum atomic E-state index is -0.654. The summed E-state index contributed by atoms with van der Waals surface area (Å²) in [7, 11) is 1.67. The maximum Gasteiger partial charge on any atom is 0.258 e. The lowest BCUT2D eigenvalue weighted by Crippen LogP contribution is -2.27. The zero-order chi connectivity index (χ0) is 13.1. The molecule has 0 atom stereocenters. The third-order valence-electron chi connectivity index (χ3n) is 2.75. The van der Waals surface area contributed by atoms with Gasteiger partial charge in [-0.05, 0) is 24.6 Å². The van der Waals surface area contributed by atoms with Gasteiger partial charge in [0.15, 0.2) is 0 Å². The molecule has 2 rings (SSSR count). The number of hydrogen-bond donors (Lipinski definition) is 0. The molecule has 3 nitrogen and oxygen atoms in total. The Hall–Kier alpha value is -2.23. The average molecular weight is 244 g/mol. The van der Waals surface area contributed by atoms with Crippen molar-refractivity contribution in [2.24, 2.45) is 0 Å². The smallest absolute Gasteiger partial charge is 0.258 e. The zero-order valence-electron chi connectivity index (χ0n) is 10.2. The van der Waals surface area contributed by atoms with Gasteiger partial charge in [0.05, 0.1) is 0 Å². The molecule has 4 heteroatoms. The largest absolute Gasteiger partial charge is 0.311 e. The monoisotopic (exact) mass is 244 g/mol. The highest BCUT2D eigenvalue weighted by Crippen LogP contribution is 2.19. The number of hydrogen-bond acceptors (Lipinski definition) is 2. The molecule has 0 unspecified atom stereocenters. The van der Waals surface area contributed by atoms with Crippen molar-refractivity contribution >= 4 is 11.6 Å². The molecule has 1 amide bonds. The maximum atomic E-state index is 13.0. The van der Waals surface area contributed by atoms with Crippen LogP contribution in [0.1, 0.15) is 15.9 Å². The van der Waals surface area contributed by atoms with Gasteiger partial charge in [0.1, 0.15) is 0 Å². The number of anilines is 1. The van der Waals surface area contributed by atoms with E-state index in [2.05, 4.69) is 4.98 Å². The molecule has 2 aromatic rings. The van der Waals surface area contributed by atoms with E-state index in [1.165, 1.54) is 17.2 Å². The molecule has 1 aromatic heterocycles. The van der Waals surface area contributed by atoms with Crippen molar-refractivity contribution in [2.45, 2.75) is 6.92 Å². The minimum absolute atomic E-state index is 0.259. The number of amides is 1. The van der Waals surface area contributed by atoms with Gasteiger partial charge < -0.3 is 4.90 Å². The molecule has 0 saturated heterocycles. The number of rotatable bonds is 2. The summed E-state index contributed by atoms with van der Waals surface area (Å²) in [5.74, 6) is -0.912. The predicted molar refractivity (Wildman–Crippen MR) is 68.1 cm³/mol. The lowest BCUT2D eigenvalue weighted by molar-refractivity contribution is 0.0992. The Labute approximate surface area is 105 Å². The molecular weight excluding hydrogens is 231 g/mol. The van der Waals surface area contributed by atoms with Crippen molar-refractivity contribution in [3.05, 3.63) is 59.7 Å². The predicted octanol–water partition coefficient (Wildman–Crippen LogP) is 2.81. The summed E-state index contributed by atoms with van der Waals surface area (Å²) in [5, 5.41) is 0. The molecule has 0 aliphatic rings. The molecule has 1 aromatic carbocycles. The molecule has 0 bridgehead atoms. The summed E-state index contributed by atoms with van der Waals surface area (Å²) < 4.78 is 13.0. The number of benzene rings is 1. The molecule has 0 aliphatic carbocycles. The van der Waals surface area contributed by atoms with Crippen LogP contribution in [0.4, 0.5) is 10.1 Å². The van der Waals surface area contributed by atoms with Gasteiger partial charge in [-0.25, -0.2) is 4.98 Å². The molecule has 0 radical (unpaired) electrons. The second-order valence-corrected chi connectivity index (χ2v) is 4.02. The molecule has 0 saturated carbocycles. The second-order valence-electron chi connectivity index (χ2n) is 4.02. The second kappa shape index (κ2) is 4.96. The molecule has 0 N–H and O–H groups in total. The topological polar surface area (TPSA) is 33.2 Å². The van der Waals surface area contributed by atoms with Gasteiger partial charge in [0.25, 0.3) is 5.91 Å². The first kappa shape index (κ1) is 12.2. The first-order valence-electron chi connectivity index (χ1n) is 5.55. The van der Waals surface area contributed by atoms with Crippen LogP contribution >= 0.6 is 0 Å². The normalized spacial score (nSPS) is 10.2. The van der Waals surface area contributed by atoms with Gasteiger partial charge in [-0.15, -0.1) is 0 Å². The molecule has 92 valence electrons. The van der Waals surface area contributed by atoms with E-state index in [1.807, 2.05) is 31.2 Å². The Kier molecular flexibility index (Phi) is 3.37. The van der Waals surface area contributed by atoms with E-state index in [1.54, 1.807) is 7.05 Å². The van der Waals surface area contributed by atoms with Crippen molar-refractivity contribution in [1.82, 2.24) is 4.98 Å². The van der Waals surface area contributed by atoms with Crippen molar-refractivity contribution in [2.75, 3.05) is 11.9 Å². The fourth-order valence-electron chi connectivity index (χ4n) is 1.78. The van der Waals surface area contributed by atoms with Gasteiger partial charge in [-0.2, -0.15) is 4.39 Å². The van der Waals surface area contributed by atoms with Crippen LogP contribution in [0.15, 0.2) is 42.6 Å². The van der Waals surface area contributed by atoms with Gasteiger partial charge in [0.2, 0.25) is 5.95 Å². The van der Waals surface area contributed by atoms with E-state index in [0.717, 1.165) is 17.3 Å². The highest BCUT2D eigenvalue weighted by molar-refractivity contribution is 6.06. The quantitative estimate of drug-likeness (QED) is 0.761. The lowest BCUT2D eigenvalue weighted by Gasteiger charge is -2.19. The van der Waals surface area contributed by atoms with Crippen LogP contribution in [0.2, 0.25) is 0 Å². The van der Waals surface area contributed by atoms with Crippen LogP contribution in [0.5, 0.6) is 0 Å². The molecular formula is C14H13FN2O. The number of halogens is 1. The summed E-state index contributed by atoms with van der Waals surface area (Å²) in [6.07, 6.45) is 1.29. The third-order valence-corrected chi connectivity index (χ3v) is 2.75. The lowest BCUT2D eigenvalue weighted by atomic mass is 10.1. The number of nitrogens with zero attached hydrogens (tertiary/aromatic N) is 2. The average Bonchev–Trinajstić information content (AvgIpc) is 2.37. The number of pyridine rings is 1. The highest BCUT2D eigenvalue weighted by Gasteiger charge is 2.15. The van der Waals surface area contributed by atoms with E-state index in [0.29, 0.717) is 0 Å². The van der Waals surface area contributed by atoms with Crippen LogP contribution in [0.3, 0.4) is 0 Å². The number of aryl methyl sites for hydroxylation is 1. The fourth-order valence-corrected chi connectivity index (χ4v) is 1.78. The molecule has 0 spiro atoms. The van der Waals surface area contributed by atoms with Crippen molar-refractivity contribution < 1.29 is 9.18 Å². The SMILES string of the molecule is Cc1ccccc1N(C)C(=O)c1ccnc(F)c1. The molecule has 18 heavy (non-hydrogen) atoms. The summed E-state index contributed by atoms with van der Waals surface area (Å²) in [5.41, 5.74) is 2.08. The summed E-state index contributed by atoms with van der Waals surface area (Å²) >= 11 is 0. The van der Waals surface area contributed by atoms with Gasteiger partial charge in [0, 0.05) is 30.6 Å². The maximum absolute atomic E-state index is 13.0. The Morgan fingerprint density at radius 2 is 2.00 bits per heavy atom. The Balaban J connectivity index is 2.32.